The molecule has 0 spiro atoms. The first-order chi connectivity index (χ1) is 16.2. The topological polar surface area (TPSA) is 82.5 Å². The standard InChI is InChI=1S/C26H27N3O4/c30-25(27-21-10-12-23-24(16-21)33-15-14-32-23)17-29-26(31)13-11-22(28-29)20-8-6-19(7-9-20)18-4-2-1-3-5-18/h6-13,16,18H,1-5,14-15,17H2,(H,27,30). The molecule has 7 nitrogen and oxygen atoms in total. The Bertz CT molecular complexity index is 1200. The average Bonchev–Trinajstić information content (AvgIpc) is 2.86. The summed E-state index contributed by atoms with van der Waals surface area (Å²) >= 11 is 0. The maximum absolute atomic E-state index is 12.6. The van der Waals surface area contributed by atoms with Gasteiger partial charge in [0.1, 0.15) is 19.8 Å². The molecule has 2 aliphatic rings. The zero-order valence-electron chi connectivity index (χ0n) is 18.5. The lowest BCUT2D eigenvalue weighted by atomic mass is 9.84. The molecule has 0 saturated heterocycles. The second-order valence-electron chi connectivity index (χ2n) is 8.58. The van der Waals surface area contributed by atoms with Gasteiger partial charge in [0.15, 0.2) is 11.5 Å². The predicted molar refractivity (Wildman–Crippen MR) is 126 cm³/mol. The van der Waals surface area contributed by atoms with Crippen molar-refractivity contribution in [3.63, 3.8) is 0 Å². The third-order valence-corrected chi connectivity index (χ3v) is 6.27. The van der Waals surface area contributed by atoms with E-state index < -0.39 is 0 Å². The van der Waals surface area contributed by atoms with Gasteiger partial charge in [-0.15, -0.1) is 0 Å². The molecule has 1 saturated carbocycles. The molecule has 0 bridgehead atoms. The SMILES string of the molecule is O=C(Cn1nc(-c2ccc(C3CCCCC3)cc2)ccc1=O)Nc1ccc2c(c1)OCCO2. The Hall–Kier alpha value is -3.61. The van der Waals surface area contributed by atoms with Crippen molar-refractivity contribution in [3.05, 3.63) is 70.5 Å². The maximum Gasteiger partial charge on any atom is 0.267 e. The van der Waals surface area contributed by atoms with Crippen LogP contribution < -0.4 is 20.3 Å². The Morgan fingerprint density at radius 2 is 1.70 bits per heavy atom. The first-order valence-corrected chi connectivity index (χ1v) is 11.5. The van der Waals surface area contributed by atoms with Crippen LogP contribution in [0.25, 0.3) is 11.3 Å². The lowest BCUT2D eigenvalue weighted by Crippen LogP contribution is -2.29. The fraction of sp³-hybridized carbons (Fsp3) is 0.346. The number of fused-ring (bicyclic) bond motifs is 1. The smallest absolute Gasteiger partial charge is 0.267 e. The Balaban J connectivity index is 1.28. The number of rotatable bonds is 5. The summed E-state index contributed by atoms with van der Waals surface area (Å²) in [6, 6.07) is 16.8. The molecule has 170 valence electrons. The second-order valence-corrected chi connectivity index (χ2v) is 8.58. The highest BCUT2D eigenvalue weighted by Gasteiger charge is 2.16. The fourth-order valence-electron chi connectivity index (χ4n) is 4.54. The highest BCUT2D eigenvalue weighted by atomic mass is 16.6. The van der Waals surface area contributed by atoms with E-state index >= 15 is 0 Å². The van der Waals surface area contributed by atoms with Gasteiger partial charge in [-0.05, 0) is 42.5 Å². The van der Waals surface area contributed by atoms with Crippen LogP contribution in [0, 0.1) is 0 Å². The average molecular weight is 446 g/mol. The van der Waals surface area contributed by atoms with E-state index in [0.29, 0.717) is 42.0 Å². The van der Waals surface area contributed by atoms with Crippen molar-refractivity contribution in [3.8, 4) is 22.8 Å². The molecule has 0 atom stereocenters. The van der Waals surface area contributed by atoms with E-state index in [4.69, 9.17) is 9.47 Å². The Morgan fingerprint density at radius 3 is 2.48 bits per heavy atom. The lowest BCUT2D eigenvalue weighted by molar-refractivity contribution is -0.117. The molecule has 7 heteroatoms. The molecule has 2 aromatic carbocycles. The van der Waals surface area contributed by atoms with Crippen molar-refractivity contribution in [2.45, 2.75) is 44.6 Å². The summed E-state index contributed by atoms with van der Waals surface area (Å²) in [5.41, 5.74) is 3.21. The van der Waals surface area contributed by atoms with Crippen molar-refractivity contribution in [2.24, 2.45) is 0 Å². The Morgan fingerprint density at radius 1 is 0.939 bits per heavy atom. The van der Waals surface area contributed by atoms with Gasteiger partial charge in [-0.1, -0.05) is 43.5 Å². The number of carbonyl (C=O) groups excluding carboxylic acids is 1. The van der Waals surface area contributed by atoms with Gasteiger partial charge in [-0.2, -0.15) is 5.10 Å². The first-order valence-electron chi connectivity index (χ1n) is 11.5. The van der Waals surface area contributed by atoms with Gasteiger partial charge in [-0.3, -0.25) is 9.59 Å². The molecule has 1 amide bonds. The number of nitrogens with one attached hydrogen (secondary N) is 1. The summed E-state index contributed by atoms with van der Waals surface area (Å²) < 4.78 is 12.2. The summed E-state index contributed by atoms with van der Waals surface area (Å²) in [6.07, 6.45) is 6.44. The number of aromatic nitrogens is 2. The quantitative estimate of drug-likeness (QED) is 0.631. The van der Waals surface area contributed by atoms with Crippen molar-refractivity contribution in [2.75, 3.05) is 18.5 Å². The fourth-order valence-corrected chi connectivity index (χ4v) is 4.54. The Labute approximate surface area is 192 Å². The molecule has 3 aromatic rings. The molecule has 1 aromatic heterocycles. The van der Waals surface area contributed by atoms with E-state index in [-0.39, 0.29) is 18.0 Å². The van der Waals surface area contributed by atoms with E-state index in [1.54, 1.807) is 24.3 Å². The van der Waals surface area contributed by atoms with Gasteiger partial charge in [0.25, 0.3) is 5.56 Å². The van der Waals surface area contributed by atoms with Gasteiger partial charge in [-0.25, -0.2) is 4.68 Å². The van der Waals surface area contributed by atoms with Gasteiger partial charge >= 0.3 is 0 Å². The minimum absolute atomic E-state index is 0.179. The van der Waals surface area contributed by atoms with Crippen molar-refractivity contribution in [1.82, 2.24) is 9.78 Å². The van der Waals surface area contributed by atoms with Crippen molar-refractivity contribution >= 4 is 11.6 Å². The number of anilines is 1. The number of benzene rings is 2. The zero-order chi connectivity index (χ0) is 22.6. The molecule has 1 N–H and O–H groups in total. The van der Waals surface area contributed by atoms with Crippen LogP contribution in [-0.2, 0) is 11.3 Å². The minimum Gasteiger partial charge on any atom is -0.486 e. The van der Waals surface area contributed by atoms with Crippen LogP contribution in [0.15, 0.2) is 59.4 Å². The number of hydrogen-bond donors (Lipinski definition) is 1. The summed E-state index contributed by atoms with van der Waals surface area (Å²) in [5.74, 6) is 1.54. The summed E-state index contributed by atoms with van der Waals surface area (Å²) in [6.45, 7) is 0.798. The van der Waals surface area contributed by atoms with E-state index in [2.05, 4.69) is 34.7 Å². The largest absolute Gasteiger partial charge is 0.486 e. The number of hydrogen-bond acceptors (Lipinski definition) is 5. The van der Waals surface area contributed by atoms with E-state index in [1.807, 2.05) is 0 Å². The lowest BCUT2D eigenvalue weighted by Gasteiger charge is -2.22. The normalized spacial score (nSPS) is 15.8. The first kappa shape index (κ1) is 21.2. The van der Waals surface area contributed by atoms with Crippen LogP contribution >= 0.6 is 0 Å². The summed E-state index contributed by atoms with van der Waals surface area (Å²) in [5, 5.41) is 7.23. The van der Waals surface area contributed by atoms with Crippen molar-refractivity contribution in [1.29, 1.82) is 0 Å². The van der Waals surface area contributed by atoms with Crippen LogP contribution in [0.1, 0.15) is 43.6 Å². The van der Waals surface area contributed by atoms with E-state index in [0.717, 1.165) is 5.56 Å². The van der Waals surface area contributed by atoms with Crippen LogP contribution in [0.4, 0.5) is 5.69 Å². The third kappa shape index (κ3) is 4.92. The summed E-state index contributed by atoms with van der Waals surface area (Å²) in [4.78, 5) is 24.9. The predicted octanol–water partition coefficient (Wildman–Crippen LogP) is 4.37. The number of amides is 1. The van der Waals surface area contributed by atoms with Gasteiger partial charge in [0.2, 0.25) is 5.91 Å². The molecule has 33 heavy (non-hydrogen) atoms. The van der Waals surface area contributed by atoms with Crippen molar-refractivity contribution < 1.29 is 14.3 Å². The molecular formula is C26H27N3O4. The monoisotopic (exact) mass is 445 g/mol. The van der Waals surface area contributed by atoms with Gasteiger partial charge < -0.3 is 14.8 Å². The number of carbonyl (C=O) groups is 1. The molecule has 1 fully saturated rings. The van der Waals surface area contributed by atoms with E-state index in [9.17, 15) is 9.59 Å². The number of nitrogens with zero attached hydrogens (tertiary/aromatic N) is 2. The molecule has 1 aliphatic carbocycles. The summed E-state index contributed by atoms with van der Waals surface area (Å²) in [7, 11) is 0. The zero-order valence-corrected chi connectivity index (χ0v) is 18.5. The molecule has 2 heterocycles. The molecule has 1 aliphatic heterocycles. The Kier molecular flexibility index (Phi) is 6.11. The molecule has 5 rings (SSSR count). The molecular weight excluding hydrogens is 418 g/mol. The van der Waals surface area contributed by atoms with Crippen LogP contribution in [0.3, 0.4) is 0 Å². The van der Waals surface area contributed by atoms with Gasteiger partial charge in [0, 0.05) is 23.4 Å². The van der Waals surface area contributed by atoms with Crippen LogP contribution in [-0.4, -0.2) is 28.9 Å². The third-order valence-electron chi connectivity index (χ3n) is 6.27. The number of ether oxygens (including phenoxy) is 2. The highest BCUT2D eigenvalue weighted by molar-refractivity contribution is 5.90. The van der Waals surface area contributed by atoms with Crippen LogP contribution in [0.2, 0.25) is 0 Å². The molecule has 0 unspecified atom stereocenters. The van der Waals surface area contributed by atoms with Crippen LogP contribution in [0.5, 0.6) is 11.5 Å². The maximum atomic E-state index is 12.6. The van der Waals surface area contributed by atoms with Gasteiger partial charge in [0.05, 0.1) is 5.69 Å². The highest BCUT2D eigenvalue weighted by Crippen LogP contribution is 2.34. The molecule has 0 radical (unpaired) electrons. The van der Waals surface area contributed by atoms with E-state index in [1.165, 1.54) is 48.4 Å². The minimum atomic E-state index is -0.342. The second kappa shape index (κ2) is 9.48.